The molecule has 1 N–H and O–H groups in total. The van der Waals surface area contributed by atoms with Gasteiger partial charge in [0.15, 0.2) is 0 Å². The van der Waals surface area contributed by atoms with Crippen LogP contribution in [-0.4, -0.2) is 0 Å². The van der Waals surface area contributed by atoms with Crippen LogP contribution in [0, 0.1) is 0 Å². The van der Waals surface area contributed by atoms with Gasteiger partial charge in [0.25, 0.3) is 0 Å². The van der Waals surface area contributed by atoms with E-state index in [1.165, 1.54) is 5.56 Å². The predicted octanol–water partition coefficient (Wildman–Crippen LogP) is 5.27. The third-order valence-electron chi connectivity index (χ3n) is 2.93. The van der Waals surface area contributed by atoms with E-state index >= 15 is 0 Å². The Labute approximate surface area is 130 Å². The van der Waals surface area contributed by atoms with Gasteiger partial charge in [-0.3, -0.25) is 0 Å². The summed E-state index contributed by atoms with van der Waals surface area (Å²) < 4.78 is 0. The lowest BCUT2D eigenvalue weighted by Gasteiger charge is -2.15. The molecule has 102 valence electrons. The molecule has 0 spiro atoms. The number of nitrogens with one attached hydrogen (secondary N) is 1. The van der Waals surface area contributed by atoms with Gasteiger partial charge in [0.05, 0.1) is 10.0 Å². The molecule has 0 bridgehead atoms. The number of rotatable bonds is 4. The Hall–Kier alpha value is -0.730. The van der Waals surface area contributed by atoms with Gasteiger partial charge in [-0.05, 0) is 24.1 Å². The lowest BCUT2D eigenvalue weighted by molar-refractivity contribution is 0.575. The van der Waals surface area contributed by atoms with Crippen molar-refractivity contribution >= 4 is 35.6 Å². The van der Waals surface area contributed by atoms with E-state index < -0.39 is 0 Å². The van der Waals surface area contributed by atoms with Crippen LogP contribution in [0.15, 0.2) is 48.5 Å². The van der Waals surface area contributed by atoms with Crippen LogP contribution in [0.2, 0.25) is 10.0 Å². The smallest absolute Gasteiger partial charge is 0.0637 e. The van der Waals surface area contributed by atoms with Crippen LogP contribution in [-0.2, 0) is 6.54 Å². The minimum atomic E-state index is 0. The van der Waals surface area contributed by atoms with Crippen LogP contribution in [0.3, 0.4) is 0 Å². The highest BCUT2D eigenvalue weighted by molar-refractivity contribution is 6.42. The molecule has 0 aliphatic carbocycles. The summed E-state index contributed by atoms with van der Waals surface area (Å²) in [6.07, 6.45) is 0. The Morgan fingerprint density at radius 2 is 1.68 bits per heavy atom. The van der Waals surface area contributed by atoms with Crippen LogP contribution in [0.4, 0.5) is 0 Å². The minimum absolute atomic E-state index is 0. The van der Waals surface area contributed by atoms with Gasteiger partial charge < -0.3 is 5.32 Å². The molecule has 0 saturated heterocycles. The molecule has 0 fully saturated rings. The quantitative estimate of drug-likeness (QED) is 0.810. The summed E-state index contributed by atoms with van der Waals surface area (Å²) in [5, 5.41) is 4.67. The van der Waals surface area contributed by atoms with Gasteiger partial charge in [-0.25, -0.2) is 0 Å². The summed E-state index contributed by atoms with van der Waals surface area (Å²) in [5.41, 5.74) is 2.28. The van der Waals surface area contributed by atoms with Crippen LogP contribution < -0.4 is 5.32 Å². The van der Waals surface area contributed by atoms with Gasteiger partial charge >= 0.3 is 0 Å². The molecule has 1 nitrogen and oxygen atoms in total. The van der Waals surface area contributed by atoms with Gasteiger partial charge in [-0.15, -0.1) is 12.4 Å². The van der Waals surface area contributed by atoms with Gasteiger partial charge in [-0.2, -0.15) is 0 Å². The van der Waals surface area contributed by atoms with Crippen molar-refractivity contribution in [1.82, 2.24) is 5.32 Å². The molecule has 0 aliphatic rings. The maximum atomic E-state index is 6.15. The molecule has 0 radical (unpaired) electrons. The van der Waals surface area contributed by atoms with Gasteiger partial charge in [0, 0.05) is 12.6 Å². The molecule has 0 heterocycles. The zero-order chi connectivity index (χ0) is 13.0. The van der Waals surface area contributed by atoms with Crippen molar-refractivity contribution in [3.05, 3.63) is 69.7 Å². The van der Waals surface area contributed by atoms with Crippen LogP contribution in [0.1, 0.15) is 24.1 Å². The summed E-state index contributed by atoms with van der Waals surface area (Å²) in [6.45, 7) is 2.84. The highest BCUT2D eigenvalue weighted by Gasteiger charge is 2.07. The standard InChI is InChI=1S/C15H15Cl2N.ClH/c1-11(12-6-3-2-4-7-12)18-10-13-8-5-9-14(16)15(13)17;/h2-9,11,18H,10H2,1H3;1H. The zero-order valence-electron chi connectivity index (χ0n) is 10.6. The Balaban J connectivity index is 0.00000180. The highest BCUT2D eigenvalue weighted by Crippen LogP contribution is 2.25. The van der Waals surface area contributed by atoms with E-state index in [2.05, 4.69) is 24.4 Å². The first-order valence-electron chi connectivity index (χ1n) is 5.89. The molecule has 1 atom stereocenters. The molecule has 2 rings (SSSR count). The van der Waals surface area contributed by atoms with Gasteiger partial charge in [0.1, 0.15) is 0 Å². The monoisotopic (exact) mass is 315 g/mol. The number of halogens is 3. The second-order valence-electron chi connectivity index (χ2n) is 4.23. The highest BCUT2D eigenvalue weighted by atomic mass is 35.5. The third kappa shape index (κ3) is 4.39. The summed E-state index contributed by atoms with van der Waals surface area (Å²) in [5.74, 6) is 0. The van der Waals surface area contributed by atoms with Gasteiger partial charge in [-0.1, -0.05) is 65.7 Å². The van der Waals surface area contributed by atoms with E-state index in [1.54, 1.807) is 6.07 Å². The first kappa shape index (κ1) is 16.3. The Bertz CT molecular complexity index is 514. The van der Waals surface area contributed by atoms with E-state index in [9.17, 15) is 0 Å². The maximum Gasteiger partial charge on any atom is 0.0637 e. The minimum Gasteiger partial charge on any atom is -0.306 e. The molecular formula is C15H16Cl3N. The average molecular weight is 317 g/mol. The molecule has 2 aromatic rings. The first-order chi connectivity index (χ1) is 8.68. The summed E-state index contributed by atoms with van der Waals surface area (Å²) in [6, 6.07) is 16.3. The predicted molar refractivity (Wildman–Crippen MR) is 85.4 cm³/mol. The molecule has 2 aromatic carbocycles. The number of hydrogen-bond acceptors (Lipinski definition) is 1. The summed E-state index contributed by atoms with van der Waals surface area (Å²) in [7, 11) is 0. The summed E-state index contributed by atoms with van der Waals surface area (Å²) in [4.78, 5) is 0. The van der Waals surface area contributed by atoms with Crippen molar-refractivity contribution in [3.63, 3.8) is 0 Å². The van der Waals surface area contributed by atoms with Crippen molar-refractivity contribution in [3.8, 4) is 0 Å². The van der Waals surface area contributed by atoms with Crippen LogP contribution in [0.5, 0.6) is 0 Å². The Kier molecular flexibility index (Phi) is 6.67. The van der Waals surface area contributed by atoms with E-state index in [4.69, 9.17) is 23.2 Å². The van der Waals surface area contributed by atoms with Crippen molar-refractivity contribution in [2.24, 2.45) is 0 Å². The number of hydrogen-bond donors (Lipinski definition) is 1. The van der Waals surface area contributed by atoms with Crippen molar-refractivity contribution in [1.29, 1.82) is 0 Å². The fourth-order valence-corrected chi connectivity index (χ4v) is 2.19. The van der Waals surface area contributed by atoms with E-state index in [0.717, 1.165) is 5.56 Å². The molecule has 0 aromatic heterocycles. The van der Waals surface area contributed by atoms with Gasteiger partial charge in [0.2, 0.25) is 0 Å². The lowest BCUT2D eigenvalue weighted by atomic mass is 10.1. The van der Waals surface area contributed by atoms with Crippen molar-refractivity contribution in [2.75, 3.05) is 0 Å². The number of benzene rings is 2. The second kappa shape index (κ2) is 7.76. The van der Waals surface area contributed by atoms with E-state index in [1.807, 2.05) is 30.3 Å². The molecule has 1 unspecified atom stereocenters. The topological polar surface area (TPSA) is 12.0 Å². The summed E-state index contributed by atoms with van der Waals surface area (Å²) >= 11 is 12.1. The zero-order valence-corrected chi connectivity index (χ0v) is 12.9. The van der Waals surface area contributed by atoms with Crippen LogP contribution >= 0.6 is 35.6 Å². The molecule has 19 heavy (non-hydrogen) atoms. The Morgan fingerprint density at radius 1 is 1.00 bits per heavy atom. The Morgan fingerprint density at radius 3 is 2.37 bits per heavy atom. The molecular weight excluding hydrogens is 301 g/mol. The van der Waals surface area contributed by atoms with E-state index in [0.29, 0.717) is 16.6 Å². The SMILES string of the molecule is CC(NCc1cccc(Cl)c1Cl)c1ccccc1.Cl. The van der Waals surface area contributed by atoms with Crippen LogP contribution in [0.25, 0.3) is 0 Å². The fourth-order valence-electron chi connectivity index (χ4n) is 1.81. The van der Waals surface area contributed by atoms with Crippen molar-refractivity contribution in [2.45, 2.75) is 19.5 Å². The third-order valence-corrected chi connectivity index (χ3v) is 3.79. The normalized spacial score (nSPS) is 11.7. The first-order valence-corrected chi connectivity index (χ1v) is 6.65. The average Bonchev–Trinajstić information content (AvgIpc) is 2.41. The van der Waals surface area contributed by atoms with E-state index in [-0.39, 0.29) is 18.4 Å². The maximum absolute atomic E-state index is 6.15. The second-order valence-corrected chi connectivity index (χ2v) is 5.01. The molecule has 4 heteroatoms. The molecule has 0 amide bonds. The largest absolute Gasteiger partial charge is 0.306 e. The molecule has 0 saturated carbocycles. The lowest BCUT2D eigenvalue weighted by Crippen LogP contribution is -2.18. The molecule has 0 aliphatic heterocycles. The fraction of sp³-hybridized carbons (Fsp3) is 0.200. The van der Waals surface area contributed by atoms with Crippen molar-refractivity contribution < 1.29 is 0 Å².